The van der Waals surface area contributed by atoms with Gasteiger partial charge in [-0.2, -0.15) is 9.28 Å². The van der Waals surface area contributed by atoms with Crippen LogP contribution in [0, 0.1) is 5.82 Å². The van der Waals surface area contributed by atoms with Gasteiger partial charge < -0.3 is 24.9 Å². The number of carbonyl (C=O) groups is 1. The lowest BCUT2D eigenvalue weighted by atomic mass is 10.1. The van der Waals surface area contributed by atoms with Gasteiger partial charge in [0.1, 0.15) is 24.5 Å². The molecule has 1 aliphatic heterocycles. The number of hydrogen-bond donors (Lipinski definition) is 5. The third-order valence-electron chi connectivity index (χ3n) is 5.79. The van der Waals surface area contributed by atoms with Crippen molar-refractivity contribution in [3.8, 4) is 0 Å². The Morgan fingerprint density at radius 2 is 1.76 bits per heavy atom. The van der Waals surface area contributed by atoms with Crippen molar-refractivity contribution < 1.29 is 47.7 Å². The van der Waals surface area contributed by atoms with Crippen LogP contribution in [0.15, 0.2) is 76.4 Å². The second kappa shape index (κ2) is 14.5. The molecule has 0 aliphatic carbocycles. The normalized spacial score (nSPS) is 18.6. The van der Waals surface area contributed by atoms with Gasteiger partial charge in [-0.25, -0.2) is 14.2 Å². The minimum atomic E-state index is -4.73. The molecule has 3 atom stereocenters. The van der Waals surface area contributed by atoms with E-state index in [2.05, 4.69) is 9.84 Å². The molecule has 0 radical (unpaired) electrons. The number of nitrogens with zero attached hydrogens (tertiary/aromatic N) is 1. The van der Waals surface area contributed by atoms with E-state index in [9.17, 15) is 28.4 Å². The zero-order chi connectivity index (χ0) is 30.9. The number of anilines is 1. The summed E-state index contributed by atoms with van der Waals surface area (Å²) in [5, 5.41) is 12.8. The number of benzene rings is 2. The Kier molecular flexibility index (Phi) is 11.3. The Bertz CT molecular complexity index is 1480. The summed E-state index contributed by atoms with van der Waals surface area (Å²) in [6.45, 7) is 3.11. The monoisotopic (exact) mass is 611 g/mol. The number of halogens is 1. The first-order valence-corrected chi connectivity index (χ1v) is 14.0. The molecule has 1 aliphatic rings. The number of aliphatic hydroxyl groups excluding tert-OH is 1. The van der Waals surface area contributed by atoms with Crippen molar-refractivity contribution in [3.05, 3.63) is 99.1 Å². The molecule has 0 spiro atoms. The quantitative estimate of drug-likeness (QED) is 0.127. The van der Waals surface area contributed by atoms with Crippen molar-refractivity contribution in [2.75, 3.05) is 11.9 Å². The van der Waals surface area contributed by atoms with Crippen LogP contribution in [0.4, 0.5) is 10.1 Å². The number of ether oxygens (including phenoxy) is 1. The second-order valence-corrected chi connectivity index (χ2v) is 10.8. The van der Waals surface area contributed by atoms with E-state index in [-0.39, 0.29) is 13.0 Å². The van der Waals surface area contributed by atoms with Gasteiger partial charge >= 0.3 is 19.5 Å². The first kappa shape index (κ1) is 32.8. The van der Waals surface area contributed by atoms with Crippen LogP contribution in [-0.4, -0.2) is 54.8 Å². The lowest BCUT2D eigenvalue weighted by Gasteiger charge is -2.24. The molecule has 4 rings (SSSR count). The van der Waals surface area contributed by atoms with E-state index < -0.39 is 61.4 Å². The van der Waals surface area contributed by atoms with Crippen LogP contribution in [0.25, 0.3) is 0 Å². The molecule has 1 fully saturated rings. The number of aromatic amines is 1. The molecule has 2 aromatic carbocycles. The molecule has 14 nitrogen and oxygen atoms in total. The van der Waals surface area contributed by atoms with Gasteiger partial charge in [-0.05, 0) is 31.5 Å². The highest BCUT2D eigenvalue weighted by atomic mass is 31.2. The molecule has 2 heterocycles. The van der Waals surface area contributed by atoms with Crippen molar-refractivity contribution in [2.24, 2.45) is 0 Å². The van der Waals surface area contributed by atoms with Crippen LogP contribution in [0.2, 0.25) is 0 Å². The van der Waals surface area contributed by atoms with Crippen LogP contribution in [0.1, 0.15) is 32.1 Å². The summed E-state index contributed by atoms with van der Waals surface area (Å²) in [6.07, 6.45) is -2.89. The smallest absolute Gasteiger partial charge is 0.390 e. The van der Waals surface area contributed by atoms with E-state index in [0.29, 0.717) is 6.20 Å². The van der Waals surface area contributed by atoms with Crippen molar-refractivity contribution in [3.63, 3.8) is 0 Å². The van der Waals surface area contributed by atoms with Gasteiger partial charge in [0.05, 0.1) is 18.9 Å². The molecule has 1 saturated heterocycles. The predicted octanol–water partition coefficient (Wildman–Crippen LogP) is 1.99. The van der Waals surface area contributed by atoms with E-state index >= 15 is 0 Å². The summed E-state index contributed by atoms with van der Waals surface area (Å²) >= 11 is 0. The number of aromatic nitrogens is 2. The summed E-state index contributed by atoms with van der Waals surface area (Å²) in [4.78, 5) is 63.2. The van der Waals surface area contributed by atoms with Crippen LogP contribution >= 0.6 is 7.82 Å². The number of phosphoric acid groups is 1. The van der Waals surface area contributed by atoms with Gasteiger partial charge in [-0.3, -0.25) is 23.8 Å². The molecule has 0 amide bonds. The molecule has 0 unspecified atom stereocenters. The summed E-state index contributed by atoms with van der Waals surface area (Å²) in [7, 11) is -4.73. The Balaban J connectivity index is 0.000000230. The van der Waals surface area contributed by atoms with Gasteiger partial charge in [-0.1, -0.05) is 48.5 Å². The molecule has 228 valence electrons. The van der Waals surface area contributed by atoms with E-state index in [1.54, 1.807) is 18.8 Å². The maximum absolute atomic E-state index is 13.2. The van der Waals surface area contributed by atoms with Crippen LogP contribution in [-0.2, 0) is 35.0 Å². The molecule has 0 bridgehead atoms. The number of carbonyl (C=O) groups excluding carboxylic acids is 1. The first-order chi connectivity index (χ1) is 19.7. The fraction of sp³-hybridized carbons (Fsp3) is 0.346. The zero-order valence-electron chi connectivity index (χ0n) is 22.6. The molecule has 5 N–H and O–H groups in total. The molecule has 3 aromatic rings. The number of nitrogens with one attached hydrogen (secondary N) is 2. The number of rotatable bonds is 10. The lowest BCUT2D eigenvalue weighted by Crippen LogP contribution is -2.41. The van der Waals surface area contributed by atoms with Crippen LogP contribution in [0.5, 0.6) is 0 Å². The summed E-state index contributed by atoms with van der Waals surface area (Å²) < 4.78 is 33.9. The standard InChI is InChI=1S/C17H19NO3.C9H12FN2O8P/c1-17(2,18-15-11-7-4-8-12-15)16(19)21-20-13-14-9-5-3-6-10-14;10-4-2-12(9(15)11-8(4)14)7-1-5(13)6(20-7)3-19-21(16,17)18/h3-12,18H,13H2,1-2H3;2,5-7,13H,1,3H2,(H,11,14,15)(H2,16,17,18)/t;5-,6+,7+/m.0/s1. The van der Waals surface area contributed by atoms with E-state index in [0.717, 1.165) is 15.8 Å². The Labute approximate surface area is 238 Å². The number of para-hydroxylation sites is 1. The zero-order valence-corrected chi connectivity index (χ0v) is 23.5. The van der Waals surface area contributed by atoms with Gasteiger partial charge in [0.15, 0.2) is 0 Å². The van der Waals surface area contributed by atoms with Crippen molar-refractivity contribution in [1.29, 1.82) is 0 Å². The van der Waals surface area contributed by atoms with Gasteiger partial charge in [0.2, 0.25) is 5.82 Å². The molecular weight excluding hydrogens is 580 g/mol. The maximum atomic E-state index is 13.2. The minimum Gasteiger partial charge on any atom is -0.390 e. The fourth-order valence-corrected chi connectivity index (χ4v) is 3.98. The van der Waals surface area contributed by atoms with E-state index in [1.807, 2.05) is 60.7 Å². The SMILES string of the molecule is CC(C)(Nc1ccccc1)C(=O)OOCc1ccccc1.O=c1[nH]c(=O)n([C@H]2C[C@H](O)[C@@H](COP(=O)(O)O)O2)cc1F. The highest BCUT2D eigenvalue weighted by Gasteiger charge is 2.37. The summed E-state index contributed by atoms with van der Waals surface area (Å²) in [5.41, 5.74) is -1.20. The number of aliphatic hydroxyl groups is 1. The summed E-state index contributed by atoms with van der Waals surface area (Å²) in [6, 6.07) is 19.0. The van der Waals surface area contributed by atoms with E-state index in [1.165, 1.54) is 0 Å². The lowest BCUT2D eigenvalue weighted by molar-refractivity contribution is -0.283. The molecule has 16 heteroatoms. The Hall–Kier alpha value is -3.69. The third kappa shape index (κ3) is 9.99. The number of H-pyrrole nitrogens is 1. The van der Waals surface area contributed by atoms with Crippen molar-refractivity contribution in [2.45, 2.75) is 50.8 Å². The van der Waals surface area contributed by atoms with Gasteiger partial charge in [0, 0.05) is 12.1 Å². The maximum Gasteiger partial charge on any atom is 0.469 e. The van der Waals surface area contributed by atoms with E-state index in [4.69, 9.17) is 24.3 Å². The van der Waals surface area contributed by atoms with Gasteiger partial charge in [-0.15, -0.1) is 0 Å². The summed E-state index contributed by atoms with van der Waals surface area (Å²) in [5.74, 6) is -1.68. The van der Waals surface area contributed by atoms with Gasteiger partial charge in [0.25, 0.3) is 5.56 Å². The molecule has 0 saturated carbocycles. The van der Waals surface area contributed by atoms with Crippen molar-refractivity contribution >= 4 is 19.5 Å². The van der Waals surface area contributed by atoms with Crippen molar-refractivity contribution in [1.82, 2.24) is 9.55 Å². The molecule has 1 aromatic heterocycles. The molecular formula is C26H31FN3O11P. The second-order valence-electron chi connectivity index (χ2n) is 9.60. The topological polar surface area (TPSA) is 199 Å². The van der Waals surface area contributed by atoms with Crippen LogP contribution in [0.3, 0.4) is 0 Å². The largest absolute Gasteiger partial charge is 0.469 e. The Morgan fingerprint density at radius 1 is 1.14 bits per heavy atom. The minimum absolute atomic E-state index is 0.138. The van der Waals surface area contributed by atoms with Crippen LogP contribution < -0.4 is 16.6 Å². The number of phosphoric ester groups is 1. The third-order valence-corrected chi connectivity index (χ3v) is 6.28. The number of hydrogen-bond acceptors (Lipinski definition) is 10. The first-order valence-electron chi connectivity index (χ1n) is 12.5. The average Bonchev–Trinajstić information content (AvgIpc) is 3.30. The fourth-order valence-electron chi connectivity index (χ4n) is 3.64. The average molecular weight is 612 g/mol. The molecule has 42 heavy (non-hydrogen) atoms. The Morgan fingerprint density at radius 3 is 2.38 bits per heavy atom. The highest BCUT2D eigenvalue weighted by Crippen LogP contribution is 2.38. The highest BCUT2D eigenvalue weighted by molar-refractivity contribution is 7.46. The predicted molar refractivity (Wildman–Crippen MR) is 145 cm³/mol.